The highest BCUT2D eigenvalue weighted by atomic mass is 16.6. The quantitative estimate of drug-likeness (QED) is 0.193. The summed E-state index contributed by atoms with van der Waals surface area (Å²) in [4.78, 5) is 29.9. The monoisotopic (exact) mass is 606 g/mol. The molecule has 0 aromatic heterocycles. The molecule has 1 aliphatic rings. The molecular weight excluding hydrogens is 564 g/mol. The van der Waals surface area contributed by atoms with Crippen molar-refractivity contribution in [1.29, 1.82) is 0 Å². The van der Waals surface area contributed by atoms with E-state index in [1.165, 1.54) is 5.56 Å². The summed E-state index contributed by atoms with van der Waals surface area (Å²) in [7, 11) is 3.51. The second-order valence-electron chi connectivity index (χ2n) is 11.4. The number of amides is 2. The Hall–Kier alpha value is -4.66. The Labute approximate surface area is 266 Å². The fourth-order valence-corrected chi connectivity index (χ4v) is 5.48. The van der Waals surface area contributed by atoms with Crippen LogP contribution in [0.25, 0.3) is 11.1 Å². The van der Waals surface area contributed by atoms with Gasteiger partial charge < -0.3 is 24.6 Å². The van der Waals surface area contributed by atoms with Crippen LogP contribution in [0.2, 0.25) is 0 Å². The number of methoxy groups -OCH3 is 1. The standard InChI is InChI=1S/C37H42N4O4/c1-40(36(42)31-16-12-28(13-17-31)26-38-27-29-14-18-32(44-2)19-15-29)24-25-41-22-20-33(21-23-41)45-37(43)39-35-11-7-6-10-34(35)30-8-4-3-5-9-30/h3-19,33,38H,20-27H2,1-2H3,(H,39,43). The Morgan fingerprint density at radius 1 is 0.822 bits per heavy atom. The Bertz CT molecular complexity index is 1520. The number of nitrogens with zero attached hydrogens (tertiary/aromatic N) is 2. The van der Waals surface area contributed by atoms with Crippen LogP contribution < -0.4 is 15.4 Å². The molecule has 4 aromatic carbocycles. The first-order valence-electron chi connectivity index (χ1n) is 15.5. The van der Waals surface area contributed by atoms with Gasteiger partial charge in [0.05, 0.1) is 12.8 Å². The smallest absolute Gasteiger partial charge is 0.411 e. The molecule has 2 amide bonds. The van der Waals surface area contributed by atoms with Gasteiger partial charge in [-0.15, -0.1) is 0 Å². The number of carbonyl (C=O) groups is 2. The van der Waals surface area contributed by atoms with Gasteiger partial charge >= 0.3 is 6.09 Å². The number of likely N-dealkylation sites (tertiary alicyclic amines) is 1. The molecule has 0 atom stereocenters. The fraction of sp³-hybridized carbons (Fsp3) is 0.297. The Morgan fingerprint density at radius 3 is 2.11 bits per heavy atom. The van der Waals surface area contributed by atoms with Crippen molar-refractivity contribution < 1.29 is 19.1 Å². The highest BCUT2D eigenvalue weighted by molar-refractivity contribution is 5.94. The van der Waals surface area contributed by atoms with Crippen LogP contribution in [0.15, 0.2) is 103 Å². The molecule has 8 heteroatoms. The number of likely N-dealkylation sites (N-methyl/N-ethyl adjacent to an activating group) is 1. The van der Waals surface area contributed by atoms with E-state index < -0.39 is 6.09 Å². The van der Waals surface area contributed by atoms with E-state index in [1.807, 2.05) is 110 Å². The molecule has 1 saturated heterocycles. The van der Waals surface area contributed by atoms with Crippen LogP contribution >= 0.6 is 0 Å². The average Bonchev–Trinajstić information content (AvgIpc) is 3.08. The minimum atomic E-state index is -0.429. The Kier molecular flexibility index (Phi) is 11.2. The van der Waals surface area contributed by atoms with Crippen molar-refractivity contribution in [2.75, 3.05) is 45.7 Å². The molecule has 5 rings (SSSR count). The molecule has 1 fully saturated rings. The van der Waals surface area contributed by atoms with Crippen molar-refractivity contribution >= 4 is 17.7 Å². The third kappa shape index (κ3) is 9.17. The predicted octanol–water partition coefficient (Wildman–Crippen LogP) is 6.44. The van der Waals surface area contributed by atoms with E-state index >= 15 is 0 Å². The minimum Gasteiger partial charge on any atom is -0.497 e. The predicted molar refractivity (Wildman–Crippen MR) is 178 cm³/mol. The maximum absolute atomic E-state index is 13.0. The van der Waals surface area contributed by atoms with Gasteiger partial charge in [0.1, 0.15) is 11.9 Å². The zero-order chi connectivity index (χ0) is 31.4. The third-order valence-corrected chi connectivity index (χ3v) is 8.17. The summed E-state index contributed by atoms with van der Waals surface area (Å²) >= 11 is 0. The lowest BCUT2D eigenvalue weighted by Crippen LogP contribution is -2.42. The van der Waals surface area contributed by atoms with Crippen molar-refractivity contribution in [2.45, 2.75) is 32.0 Å². The number of benzene rings is 4. The van der Waals surface area contributed by atoms with Crippen molar-refractivity contribution in [3.05, 3.63) is 120 Å². The number of rotatable bonds is 12. The number of nitrogens with one attached hydrogen (secondary N) is 2. The summed E-state index contributed by atoms with van der Waals surface area (Å²) in [5, 5.41) is 6.38. The molecule has 0 saturated carbocycles. The zero-order valence-corrected chi connectivity index (χ0v) is 26.1. The lowest BCUT2D eigenvalue weighted by molar-refractivity contribution is 0.0540. The molecule has 1 aliphatic heterocycles. The maximum atomic E-state index is 13.0. The van der Waals surface area contributed by atoms with E-state index in [9.17, 15) is 9.59 Å². The van der Waals surface area contributed by atoms with Gasteiger partial charge in [0.15, 0.2) is 0 Å². The molecule has 45 heavy (non-hydrogen) atoms. The SMILES string of the molecule is COc1ccc(CNCc2ccc(C(=O)N(C)CCN3CCC(OC(=O)Nc4ccccc4-c4ccccc4)CC3)cc2)cc1. The zero-order valence-electron chi connectivity index (χ0n) is 26.1. The first kappa shape index (κ1) is 31.8. The van der Waals surface area contributed by atoms with E-state index in [0.29, 0.717) is 12.1 Å². The molecule has 0 aliphatic carbocycles. The van der Waals surface area contributed by atoms with Crippen LogP contribution in [0.3, 0.4) is 0 Å². The number of ether oxygens (including phenoxy) is 2. The van der Waals surface area contributed by atoms with Gasteiger partial charge in [-0.25, -0.2) is 4.79 Å². The van der Waals surface area contributed by atoms with Gasteiger partial charge in [0.25, 0.3) is 5.91 Å². The first-order valence-corrected chi connectivity index (χ1v) is 15.5. The summed E-state index contributed by atoms with van der Waals surface area (Å²) in [6.45, 7) is 4.52. The summed E-state index contributed by atoms with van der Waals surface area (Å²) < 4.78 is 11.0. The van der Waals surface area contributed by atoms with Crippen LogP contribution in [0, 0.1) is 0 Å². The molecule has 0 unspecified atom stereocenters. The van der Waals surface area contributed by atoms with E-state index in [1.54, 1.807) is 12.0 Å². The lowest BCUT2D eigenvalue weighted by atomic mass is 10.0. The Morgan fingerprint density at radius 2 is 1.44 bits per heavy atom. The topological polar surface area (TPSA) is 83.1 Å². The number of anilines is 1. The summed E-state index contributed by atoms with van der Waals surface area (Å²) in [6.07, 6.45) is 0.966. The molecule has 0 radical (unpaired) electrons. The molecule has 0 bridgehead atoms. The van der Waals surface area contributed by atoms with E-state index in [4.69, 9.17) is 9.47 Å². The normalized spacial score (nSPS) is 13.6. The van der Waals surface area contributed by atoms with Crippen LogP contribution in [-0.2, 0) is 17.8 Å². The van der Waals surface area contributed by atoms with Gasteiger partial charge in [-0.05, 0) is 59.9 Å². The largest absolute Gasteiger partial charge is 0.497 e. The molecule has 8 nitrogen and oxygen atoms in total. The molecule has 4 aromatic rings. The van der Waals surface area contributed by atoms with Crippen LogP contribution in [0.1, 0.15) is 34.3 Å². The summed E-state index contributed by atoms with van der Waals surface area (Å²) in [6, 6.07) is 33.5. The van der Waals surface area contributed by atoms with E-state index in [2.05, 4.69) is 15.5 Å². The molecule has 0 spiro atoms. The number of hydrogen-bond donors (Lipinski definition) is 2. The first-order chi connectivity index (χ1) is 22.0. The Balaban J connectivity index is 1.00. The highest BCUT2D eigenvalue weighted by Crippen LogP contribution is 2.28. The average molecular weight is 607 g/mol. The van der Waals surface area contributed by atoms with Crippen molar-refractivity contribution in [1.82, 2.24) is 15.1 Å². The molecular formula is C37H42N4O4. The number of carbonyl (C=O) groups excluding carboxylic acids is 2. The third-order valence-electron chi connectivity index (χ3n) is 8.17. The molecule has 2 N–H and O–H groups in total. The van der Waals surface area contributed by atoms with E-state index in [0.717, 1.165) is 73.7 Å². The molecule has 1 heterocycles. The van der Waals surface area contributed by atoms with Crippen LogP contribution in [0.5, 0.6) is 5.75 Å². The van der Waals surface area contributed by atoms with E-state index in [-0.39, 0.29) is 12.0 Å². The van der Waals surface area contributed by atoms with Crippen LogP contribution in [-0.4, -0.2) is 68.2 Å². The second kappa shape index (κ2) is 15.9. The second-order valence-corrected chi connectivity index (χ2v) is 11.4. The van der Waals surface area contributed by atoms with Crippen molar-refractivity contribution in [3.63, 3.8) is 0 Å². The van der Waals surface area contributed by atoms with Gasteiger partial charge in [-0.3, -0.25) is 10.1 Å². The highest BCUT2D eigenvalue weighted by Gasteiger charge is 2.23. The number of hydrogen-bond acceptors (Lipinski definition) is 6. The molecule has 234 valence electrons. The number of piperidine rings is 1. The fourth-order valence-electron chi connectivity index (χ4n) is 5.48. The van der Waals surface area contributed by atoms with Crippen molar-refractivity contribution in [3.8, 4) is 16.9 Å². The lowest BCUT2D eigenvalue weighted by Gasteiger charge is -2.32. The van der Waals surface area contributed by atoms with Gasteiger partial charge in [0.2, 0.25) is 0 Å². The summed E-state index contributed by atoms with van der Waals surface area (Å²) in [5.41, 5.74) is 5.72. The van der Waals surface area contributed by atoms with Gasteiger partial charge in [0, 0.05) is 57.4 Å². The van der Waals surface area contributed by atoms with Crippen LogP contribution in [0.4, 0.5) is 10.5 Å². The van der Waals surface area contributed by atoms with Crippen molar-refractivity contribution in [2.24, 2.45) is 0 Å². The van der Waals surface area contributed by atoms with Gasteiger partial charge in [-0.2, -0.15) is 0 Å². The maximum Gasteiger partial charge on any atom is 0.411 e. The minimum absolute atomic E-state index is 0.0124. The summed E-state index contributed by atoms with van der Waals surface area (Å²) in [5.74, 6) is 0.861. The van der Waals surface area contributed by atoms with Gasteiger partial charge in [-0.1, -0.05) is 72.8 Å². The number of para-hydroxylation sites is 1.